The molecule has 1 heterocycles. The summed E-state index contributed by atoms with van der Waals surface area (Å²) in [5.41, 5.74) is 3.70. The molecule has 2 aromatic carbocycles. The lowest BCUT2D eigenvalue weighted by Gasteiger charge is -2.29. The van der Waals surface area contributed by atoms with Crippen molar-refractivity contribution in [3.63, 3.8) is 0 Å². The first-order chi connectivity index (χ1) is 9.57. The zero-order valence-corrected chi connectivity index (χ0v) is 13.1. The first kappa shape index (κ1) is 13.1. The van der Waals surface area contributed by atoms with E-state index >= 15 is 0 Å². The molecule has 0 amide bonds. The molecule has 102 valence electrons. The lowest BCUT2D eigenvalue weighted by atomic mass is 10.2. The highest BCUT2D eigenvalue weighted by Crippen LogP contribution is 2.30. The number of para-hydroxylation sites is 1. The van der Waals surface area contributed by atoms with Crippen molar-refractivity contribution in [2.24, 2.45) is 0 Å². The Kier molecular flexibility index (Phi) is 3.18. The molecule has 0 aliphatic rings. The van der Waals surface area contributed by atoms with Crippen LogP contribution < -0.4 is 0 Å². The molecule has 0 bridgehead atoms. The van der Waals surface area contributed by atoms with Gasteiger partial charge in [0.15, 0.2) is 0 Å². The molecule has 0 saturated carbocycles. The molecule has 3 aromatic rings. The van der Waals surface area contributed by atoms with Gasteiger partial charge in [-0.25, -0.2) is 4.68 Å². The van der Waals surface area contributed by atoms with Crippen LogP contribution in [0.5, 0.6) is 0 Å². The highest BCUT2D eigenvalue weighted by molar-refractivity contribution is 6.77. The maximum atomic E-state index is 4.44. The van der Waals surface area contributed by atoms with E-state index in [9.17, 15) is 0 Å². The van der Waals surface area contributed by atoms with Crippen molar-refractivity contribution in [1.82, 2.24) is 15.0 Å². The average Bonchev–Trinajstić information content (AvgIpc) is 2.83. The molecule has 0 saturated heterocycles. The molecule has 1 aromatic heterocycles. The summed E-state index contributed by atoms with van der Waals surface area (Å²) in [7, 11) is -1.49. The predicted molar refractivity (Wildman–Crippen MR) is 85.5 cm³/mol. The molecular weight excluding hydrogens is 262 g/mol. The quantitative estimate of drug-likeness (QED) is 0.682. The Balaban J connectivity index is 2.20. The van der Waals surface area contributed by atoms with Crippen LogP contribution in [0.15, 0.2) is 54.6 Å². The van der Waals surface area contributed by atoms with E-state index in [0.29, 0.717) is 5.67 Å². The van der Waals surface area contributed by atoms with Gasteiger partial charge in [0.1, 0.15) is 5.52 Å². The van der Waals surface area contributed by atoms with Gasteiger partial charge in [0.25, 0.3) is 0 Å². The molecule has 4 heteroatoms. The van der Waals surface area contributed by atoms with Crippen LogP contribution in [-0.2, 0) is 0 Å². The molecular formula is C16H19N3Si. The maximum absolute atomic E-state index is 4.44. The molecule has 0 spiro atoms. The highest BCUT2D eigenvalue weighted by Gasteiger charge is 2.31. The summed E-state index contributed by atoms with van der Waals surface area (Å²) in [5.74, 6) is 0. The Labute approximate surface area is 120 Å². The van der Waals surface area contributed by atoms with Crippen LogP contribution in [0.1, 0.15) is 11.2 Å². The molecule has 3 rings (SSSR count). The van der Waals surface area contributed by atoms with Gasteiger partial charge in [-0.2, -0.15) is 0 Å². The van der Waals surface area contributed by atoms with E-state index in [1.54, 1.807) is 0 Å². The van der Waals surface area contributed by atoms with Gasteiger partial charge in [0.05, 0.1) is 19.3 Å². The fourth-order valence-electron chi connectivity index (χ4n) is 2.72. The van der Waals surface area contributed by atoms with Crippen molar-refractivity contribution in [3.05, 3.63) is 60.2 Å². The van der Waals surface area contributed by atoms with Crippen LogP contribution in [0.25, 0.3) is 11.0 Å². The maximum Gasteiger partial charge on any atom is 0.113 e. The standard InChI is InChI=1S/C16H19N3Si/c1-20(2,3)16(13-9-5-4-6-10-13)19-15-12-8-7-11-14(15)17-18-19/h4-12,16H,1-3H3/t16-/m1/s1. The van der Waals surface area contributed by atoms with Gasteiger partial charge in [0.2, 0.25) is 0 Å². The van der Waals surface area contributed by atoms with E-state index in [1.807, 2.05) is 12.1 Å². The minimum Gasteiger partial charge on any atom is -0.240 e. The molecule has 20 heavy (non-hydrogen) atoms. The number of aromatic nitrogens is 3. The zero-order valence-electron chi connectivity index (χ0n) is 12.1. The van der Waals surface area contributed by atoms with Crippen molar-refractivity contribution in [3.8, 4) is 0 Å². The van der Waals surface area contributed by atoms with E-state index < -0.39 is 8.07 Å². The molecule has 0 aliphatic heterocycles. The fraction of sp³-hybridized carbons (Fsp3) is 0.250. The third kappa shape index (κ3) is 2.27. The second kappa shape index (κ2) is 4.87. The smallest absolute Gasteiger partial charge is 0.113 e. The Morgan fingerprint density at radius 1 is 0.900 bits per heavy atom. The minimum absolute atomic E-state index is 0.302. The average molecular weight is 281 g/mol. The van der Waals surface area contributed by atoms with Crippen molar-refractivity contribution in [2.75, 3.05) is 0 Å². The summed E-state index contributed by atoms with van der Waals surface area (Å²) in [6.07, 6.45) is 0. The Hall–Kier alpha value is -1.94. The second-order valence-electron chi connectivity index (χ2n) is 6.20. The number of benzene rings is 2. The summed E-state index contributed by atoms with van der Waals surface area (Å²) in [6.45, 7) is 7.13. The number of hydrogen-bond donors (Lipinski definition) is 0. The van der Waals surface area contributed by atoms with Gasteiger partial charge in [-0.05, 0) is 17.7 Å². The topological polar surface area (TPSA) is 30.7 Å². The Morgan fingerprint density at radius 2 is 1.55 bits per heavy atom. The fourth-order valence-corrected chi connectivity index (χ4v) is 4.84. The Bertz CT molecular complexity index is 713. The van der Waals surface area contributed by atoms with E-state index in [4.69, 9.17) is 0 Å². The van der Waals surface area contributed by atoms with Crippen molar-refractivity contribution in [1.29, 1.82) is 0 Å². The van der Waals surface area contributed by atoms with Crippen LogP contribution >= 0.6 is 0 Å². The summed E-state index contributed by atoms with van der Waals surface area (Å²) in [5, 5.41) is 8.75. The summed E-state index contributed by atoms with van der Waals surface area (Å²) >= 11 is 0. The third-order valence-corrected chi connectivity index (χ3v) is 5.78. The van der Waals surface area contributed by atoms with Crippen molar-refractivity contribution < 1.29 is 0 Å². The first-order valence-electron chi connectivity index (χ1n) is 6.92. The van der Waals surface area contributed by atoms with Gasteiger partial charge in [-0.1, -0.05) is 67.3 Å². The molecule has 0 aliphatic carbocycles. The lowest BCUT2D eigenvalue weighted by molar-refractivity contribution is 0.629. The molecule has 0 radical (unpaired) electrons. The molecule has 3 nitrogen and oxygen atoms in total. The largest absolute Gasteiger partial charge is 0.240 e. The van der Waals surface area contributed by atoms with Gasteiger partial charge < -0.3 is 0 Å². The minimum atomic E-state index is -1.49. The van der Waals surface area contributed by atoms with Gasteiger partial charge in [-0.15, -0.1) is 5.10 Å². The van der Waals surface area contributed by atoms with Crippen LogP contribution in [0.3, 0.4) is 0 Å². The zero-order chi connectivity index (χ0) is 14.2. The molecule has 0 fully saturated rings. The molecule has 0 unspecified atom stereocenters. The lowest BCUT2D eigenvalue weighted by Crippen LogP contribution is -2.36. The predicted octanol–water partition coefficient (Wildman–Crippen LogP) is 3.90. The van der Waals surface area contributed by atoms with Gasteiger partial charge in [-0.3, -0.25) is 0 Å². The summed E-state index contributed by atoms with van der Waals surface area (Å²) in [4.78, 5) is 0. The van der Waals surface area contributed by atoms with Crippen LogP contribution in [-0.4, -0.2) is 23.1 Å². The SMILES string of the molecule is C[Si](C)(C)[C@H](c1ccccc1)n1nnc2ccccc21. The highest BCUT2D eigenvalue weighted by atomic mass is 28.3. The number of rotatable bonds is 3. The Morgan fingerprint density at radius 3 is 2.25 bits per heavy atom. The van der Waals surface area contributed by atoms with Crippen LogP contribution in [0.4, 0.5) is 0 Å². The van der Waals surface area contributed by atoms with Crippen LogP contribution in [0.2, 0.25) is 19.6 Å². The second-order valence-corrected chi connectivity index (χ2v) is 11.5. The number of nitrogens with zero attached hydrogens (tertiary/aromatic N) is 3. The van der Waals surface area contributed by atoms with Crippen LogP contribution in [0, 0.1) is 0 Å². The summed E-state index contributed by atoms with van der Waals surface area (Å²) in [6, 6.07) is 18.8. The van der Waals surface area contributed by atoms with E-state index in [1.165, 1.54) is 5.56 Å². The third-order valence-electron chi connectivity index (χ3n) is 3.56. The number of fused-ring (bicyclic) bond motifs is 1. The van der Waals surface area contributed by atoms with Gasteiger partial charge >= 0.3 is 0 Å². The first-order valence-corrected chi connectivity index (χ1v) is 10.5. The van der Waals surface area contributed by atoms with E-state index in [2.05, 4.69) is 77.1 Å². The van der Waals surface area contributed by atoms with Gasteiger partial charge in [0, 0.05) is 0 Å². The van der Waals surface area contributed by atoms with Crippen molar-refractivity contribution in [2.45, 2.75) is 25.3 Å². The normalized spacial score (nSPS) is 13.6. The monoisotopic (exact) mass is 281 g/mol. The molecule has 1 atom stereocenters. The summed E-state index contributed by atoms with van der Waals surface area (Å²) < 4.78 is 2.11. The number of hydrogen-bond acceptors (Lipinski definition) is 2. The van der Waals surface area contributed by atoms with E-state index in [-0.39, 0.29) is 0 Å². The van der Waals surface area contributed by atoms with E-state index in [0.717, 1.165) is 11.0 Å². The molecule has 0 N–H and O–H groups in total. The van der Waals surface area contributed by atoms with Crippen molar-refractivity contribution >= 4 is 19.1 Å².